The maximum atomic E-state index is 12.0. The lowest BCUT2D eigenvalue weighted by Crippen LogP contribution is -2.26. The summed E-state index contributed by atoms with van der Waals surface area (Å²) in [6.07, 6.45) is 17.9. The standard InChI is InChI=1S/C14H16N6O5S.C14H16N6O4S.C14H16N6O2.C12H12ClN5O.C6H10.C2H5NO.CH4/c1-8(21)16-11-7-9(12(19-18-11)14(22)15-2)17-13-10(26(3,24)25)5-4-6-20(13)23;1-8(21)17-11-7-9(12(20-19-11)14(22)15-2)18-13-10(25(3,23)24)5-4-6-16-13;1-8-5-4-6-16-13(8)18-10-7-11(17-9(2)21)19-20-12(10)14(22)15-3;1-7-4-3-5-15-11(7)16-8-6-9(13)17-18-10(8)12(19)14-2;1-2-4-6-5-3-1;1-2(3)4;/h4-7,23H,1-3H3,(H,15,22)(H,16,18,21);4-7H,1-3H3,(H,15,22)(H2,16,17,18,19,21);4-7H,1-3H3,(H,15,22)(H2,16,17,18,19,21);3-6H,1-2H3,(H,14,19)(H,15,16,17);1-2H,3-6H2;1H3,(H2,3,4);1H4. The van der Waals surface area contributed by atoms with Crippen molar-refractivity contribution in [2.75, 3.05) is 72.6 Å². The molecule has 0 aromatic carbocycles. The molecular weight excluding hydrogens is 1400 g/mol. The van der Waals surface area contributed by atoms with Crippen LogP contribution in [0.5, 0.6) is 0 Å². The van der Waals surface area contributed by atoms with Gasteiger partial charge in [0.25, 0.3) is 23.6 Å². The number of nitrogens with one attached hydrogen (secondary N) is 10. The van der Waals surface area contributed by atoms with Crippen LogP contribution in [0.2, 0.25) is 5.15 Å². The predicted octanol–water partition coefficient (Wildman–Crippen LogP) is 5.23. The summed E-state index contributed by atoms with van der Waals surface area (Å²) in [5.41, 5.74) is 6.87. The molecule has 8 amide bonds. The van der Waals surface area contributed by atoms with Crippen LogP contribution in [0.4, 0.5) is 57.7 Å². The molecular formula is C63H79ClN24O13S2. The van der Waals surface area contributed by atoms with Crippen LogP contribution < -0.4 is 64.4 Å². The summed E-state index contributed by atoms with van der Waals surface area (Å²) in [4.78, 5) is 106. The first-order chi connectivity index (χ1) is 48.2. The predicted molar refractivity (Wildman–Crippen MR) is 384 cm³/mol. The van der Waals surface area contributed by atoms with Crippen LogP contribution in [-0.2, 0) is 38.9 Å². The third-order valence-electron chi connectivity index (χ3n) is 12.5. The number of nitrogens with two attached hydrogens (primary N) is 1. The fourth-order valence-electron chi connectivity index (χ4n) is 7.91. The number of hydrogen-bond donors (Lipinski definition) is 12. The Labute approximate surface area is 597 Å². The number of anilines is 9. The molecule has 0 bridgehead atoms. The summed E-state index contributed by atoms with van der Waals surface area (Å²) < 4.78 is 48.1. The normalized spacial score (nSPS) is 11.1. The molecule has 8 heterocycles. The zero-order valence-electron chi connectivity index (χ0n) is 57.2. The topological polar surface area (TPSA) is 530 Å². The molecule has 0 saturated heterocycles. The lowest BCUT2D eigenvalue weighted by molar-refractivity contribution is -0.116. The van der Waals surface area contributed by atoms with Crippen LogP contribution in [0.1, 0.15) is 114 Å². The van der Waals surface area contributed by atoms with Gasteiger partial charge >= 0.3 is 0 Å². The Bertz CT molecular complexity index is 4690. The van der Waals surface area contributed by atoms with E-state index in [1.165, 1.54) is 142 Å². The first-order valence-electron chi connectivity index (χ1n) is 29.9. The summed E-state index contributed by atoms with van der Waals surface area (Å²) in [5, 5.41) is 66.2. The van der Waals surface area contributed by atoms with Crippen molar-refractivity contribution in [2.45, 2.75) is 84.4 Å². The van der Waals surface area contributed by atoms with E-state index in [-0.39, 0.29) is 109 Å². The smallest absolute Gasteiger partial charge is 0.273 e. The van der Waals surface area contributed by atoms with E-state index in [2.05, 4.69) is 132 Å². The van der Waals surface area contributed by atoms with Gasteiger partial charge in [-0.25, -0.2) is 36.8 Å². The highest BCUT2D eigenvalue weighted by molar-refractivity contribution is 7.91. The average molecular weight is 1480 g/mol. The second kappa shape index (κ2) is 41.2. The number of pyridine rings is 4. The molecule has 0 saturated carbocycles. The molecule has 1 aliphatic carbocycles. The Morgan fingerprint density at radius 2 is 0.854 bits per heavy atom. The van der Waals surface area contributed by atoms with Gasteiger partial charge in [0, 0.05) is 117 Å². The van der Waals surface area contributed by atoms with Crippen LogP contribution in [0.3, 0.4) is 0 Å². The molecule has 0 unspecified atom stereocenters. The average Bonchev–Trinajstić information content (AvgIpc) is 0.811. The number of hydrogen-bond acceptors (Lipinski definition) is 28. The number of carbonyl (C=O) groups is 8. The number of aromatic nitrogens is 12. The van der Waals surface area contributed by atoms with Gasteiger partial charge < -0.3 is 64.1 Å². The quantitative estimate of drug-likeness (QED) is 0.0435. The van der Waals surface area contributed by atoms with Crippen molar-refractivity contribution in [3.8, 4) is 0 Å². The Morgan fingerprint density at radius 1 is 0.505 bits per heavy atom. The van der Waals surface area contributed by atoms with Crippen LogP contribution in [0, 0.1) is 13.8 Å². The van der Waals surface area contributed by atoms with E-state index in [1.807, 2.05) is 38.1 Å². The maximum absolute atomic E-state index is 12.0. The first-order valence-corrected chi connectivity index (χ1v) is 34.1. The number of aryl methyl sites for hydroxylation is 2. The minimum Gasteiger partial charge on any atom is -0.427 e. The Kier molecular flexibility index (Phi) is 34.0. The molecule has 548 valence electrons. The largest absolute Gasteiger partial charge is 0.427 e. The van der Waals surface area contributed by atoms with Gasteiger partial charge in [-0.3, -0.25) is 38.4 Å². The second-order valence-corrected chi connectivity index (χ2v) is 25.2. The van der Waals surface area contributed by atoms with Gasteiger partial charge in [0.15, 0.2) is 70.5 Å². The third-order valence-corrected chi connectivity index (χ3v) is 14.9. The minimum absolute atomic E-state index is 0. The van der Waals surface area contributed by atoms with Gasteiger partial charge in [-0.1, -0.05) is 43.3 Å². The van der Waals surface area contributed by atoms with Gasteiger partial charge in [0.1, 0.15) is 32.9 Å². The molecule has 37 nitrogen and oxygen atoms in total. The Balaban J connectivity index is 0.000000341. The summed E-state index contributed by atoms with van der Waals surface area (Å²) in [6, 6.07) is 18.5. The van der Waals surface area contributed by atoms with Crippen molar-refractivity contribution in [1.29, 1.82) is 0 Å². The summed E-state index contributed by atoms with van der Waals surface area (Å²) >= 11 is 5.80. The van der Waals surface area contributed by atoms with Crippen LogP contribution >= 0.6 is 11.6 Å². The highest BCUT2D eigenvalue weighted by Gasteiger charge is 2.22. The van der Waals surface area contributed by atoms with E-state index in [0.717, 1.165) is 23.6 Å². The molecule has 13 N–H and O–H groups in total. The third kappa shape index (κ3) is 28.0. The number of primary amides is 1. The van der Waals surface area contributed by atoms with Crippen molar-refractivity contribution in [3.05, 3.63) is 154 Å². The van der Waals surface area contributed by atoms with Crippen molar-refractivity contribution in [2.24, 2.45) is 10.7 Å². The lowest BCUT2D eigenvalue weighted by Gasteiger charge is -2.13. The van der Waals surface area contributed by atoms with Crippen LogP contribution in [0.15, 0.2) is 125 Å². The molecule has 0 fully saturated rings. The van der Waals surface area contributed by atoms with E-state index in [1.54, 1.807) is 12.4 Å². The van der Waals surface area contributed by atoms with Gasteiger partial charge in [-0.05, 0) is 87.1 Å². The molecule has 0 radical (unpaired) electrons. The molecule has 8 aromatic rings. The van der Waals surface area contributed by atoms with E-state index < -0.39 is 43.3 Å². The van der Waals surface area contributed by atoms with Crippen molar-refractivity contribution >= 4 is 136 Å². The zero-order valence-corrected chi connectivity index (χ0v) is 59.5. The fraction of sp³-hybridized carbons (Fsp3) is 0.270. The lowest BCUT2D eigenvalue weighted by atomic mass is 10.1. The van der Waals surface area contributed by atoms with Crippen molar-refractivity contribution < 1.29 is 60.4 Å². The fourth-order valence-corrected chi connectivity index (χ4v) is 9.63. The molecule has 0 spiro atoms. The first kappa shape index (κ1) is 84.8. The highest BCUT2D eigenvalue weighted by Crippen LogP contribution is 2.28. The summed E-state index contributed by atoms with van der Waals surface area (Å²) in [7, 11) is -1.47. The van der Waals surface area contributed by atoms with Crippen molar-refractivity contribution in [3.63, 3.8) is 0 Å². The SMILES string of the molecule is C.C1=CCCCC1.CC(N)=O.CNC(=O)c1nnc(Cl)cc1Nc1ncccc1C.CNC(=O)c1nnc(NC(C)=O)cc1N=c1c(S(C)(=O)=O)cccn1O.CNC(=O)c1nnc(NC(C)=O)cc1Nc1ncccc1C.CNC(=O)c1nnc(NC(C)=O)cc1Nc1ncccc1S(C)(=O)=O. The summed E-state index contributed by atoms with van der Waals surface area (Å²) in [6.45, 7) is 9.02. The van der Waals surface area contributed by atoms with Crippen molar-refractivity contribution in [1.82, 2.24) is 81.7 Å². The monoisotopic (exact) mass is 1480 g/mol. The molecule has 0 atom stereocenters. The maximum Gasteiger partial charge on any atom is 0.273 e. The molecule has 103 heavy (non-hydrogen) atoms. The van der Waals surface area contributed by atoms with Gasteiger partial charge in [-0.15, -0.1) is 40.8 Å². The summed E-state index contributed by atoms with van der Waals surface area (Å²) in [5.74, 6) is -1.72. The number of amides is 8. The van der Waals surface area contributed by atoms with Crippen LogP contribution in [0.25, 0.3) is 0 Å². The number of nitrogens with zero attached hydrogens (tertiary/aromatic N) is 13. The Morgan fingerprint density at radius 3 is 1.23 bits per heavy atom. The van der Waals surface area contributed by atoms with Gasteiger partial charge in [0.05, 0.1) is 17.1 Å². The number of sulfone groups is 2. The second-order valence-electron chi connectivity index (χ2n) is 20.9. The van der Waals surface area contributed by atoms with E-state index >= 15 is 0 Å². The van der Waals surface area contributed by atoms with E-state index in [4.69, 9.17) is 11.6 Å². The van der Waals surface area contributed by atoms with Crippen LogP contribution in [-0.4, -0.2) is 170 Å². The highest BCUT2D eigenvalue weighted by atomic mass is 35.5. The Hall–Kier alpha value is -12.4. The number of carbonyl (C=O) groups excluding carboxylic acids is 8. The van der Waals surface area contributed by atoms with Gasteiger partial charge in [-0.2, -0.15) is 4.73 Å². The molecule has 9 rings (SSSR count). The zero-order chi connectivity index (χ0) is 75.9. The van der Waals surface area contributed by atoms with E-state index in [9.17, 15) is 60.4 Å². The molecule has 0 aliphatic heterocycles. The van der Waals surface area contributed by atoms with Gasteiger partial charge in [0.2, 0.25) is 23.6 Å². The number of rotatable bonds is 16. The van der Waals surface area contributed by atoms with E-state index in [0.29, 0.717) is 27.7 Å². The molecule has 1 aliphatic rings. The number of halogens is 1. The number of allylic oxidation sites excluding steroid dienone is 2. The molecule has 8 aromatic heterocycles. The molecule has 40 heteroatoms. The minimum atomic E-state index is -3.72.